The highest BCUT2D eigenvalue weighted by molar-refractivity contribution is 5.21. The molecular formula is C15H25N3. The first-order chi connectivity index (χ1) is 8.74. The predicted molar refractivity (Wildman–Crippen MR) is 76.8 cm³/mol. The molecule has 3 nitrogen and oxygen atoms in total. The summed E-state index contributed by atoms with van der Waals surface area (Å²) in [6.45, 7) is 8.97. The summed E-state index contributed by atoms with van der Waals surface area (Å²) in [5.74, 6) is 0. The van der Waals surface area contributed by atoms with Gasteiger partial charge in [-0.2, -0.15) is 0 Å². The Morgan fingerprint density at radius 3 is 2.50 bits per heavy atom. The minimum absolute atomic E-state index is 1.09. The van der Waals surface area contributed by atoms with Gasteiger partial charge in [-0.1, -0.05) is 29.8 Å². The van der Waals surface area contributed by atoms with Gasteiger partial charge in [0.2, 0.25) is 0 Å². The van der Waals surface area contributed by atoms with Crippen molar-refractivity contribution >= 4 is 0 Å². The molecule has 0 saturated carbocycles. The van der Waals surface area contributed by atoms with E-state index in [2.05, 4.69) is 53.4 Å². The summed E-state index contributed by atoms with van der Waals surface area (Å²) in [6.07, 6.45) is 1.14. The zero-order valence-corrected chi connectivity index (χ0v) is 11.7. The van der Waals surface area contributed by atoms with Gasteiger partial charge in [-0.15, -0.1) is 0 Å². The molecule has 100 valence electrons. The number of aryl methyl sites for hydroxylation is 1. The van der Waals surface area contributed by atoms with E-state index in [9.17, 15) is 0 Å². The highest BCUT2D eigenvalue weighted by Crippen LogP contribution is 2.05. The zero-order chi connectivity index (χ0) is 12.8. The van der Waals surface area contributed by atoms with Crippen molar-refractivity contribution in [1.29, 1.82) is 0 Å². The van der Waals surface area contributed by atoms with Crippen molar-refractivity contribution in [2.24, 2.45) is 0 Å². The highest BCUT2D eigenvalue weighted by atomic mass is 15.3. The Kier molecular flexibility index (Phi) is 5.17. The summed E-state index contributed by atoms with van der Waals surface area (Å²) in [7, 11) is 2.22. The van der Waals surface area contributed by atoms with Crippen molar-refractivity contribution in [2.75, 3.05) is 46.4 Å². The number of hydrogen-bond acceptors (Lipinski definition) is 3. The summed E-state index contributed by atoms with van der Waals surface area (Å²) in [5, 5.41) is 3.39. The molecule has 18 heavy (non-hydrogen) atoms. The lowest BCUT2D eigenvalue weighted by atomic mass is 10.1. The van der Waals surface area contributed by atoms with E-state index in [1.165, 1.54) is 24.2 Å². The van der Waals surface area contributed by atoms with E-state index < -0.39 is 0 Å². The molecule has 0 radical (unpaired) electrons. The Bertz CT molecular complexity index is 341. The molecule has 1 saturated heterocycles. The number of rotatable bonds is 5. The molecule has 1 aromatic rings. The smallest absolute Gasteiger partial charge is 0.0504 e. The molecule has 0 unspecified atom stereocenters. The molecule has 2 rings (SSSR count). The van der Waals surface area contributed by atoms with E-state index >= 15 is 0 Å². The minimum Gasteiger partial charge on any atom is -0.314 e. The third-order valence-corrected chi connectivity index (χ3v) is 3.55. The Morgan fingerprint density at radius 1 is 1.17 bits per heavy atom. The second-order valence-electron chi connectivity index (χ2n) is 5.32. The average Bonchev–Trinajstić information content (AvgIpc) is 2.39. The first-order valence-electron chi connectivity index (χ1n) is 6.91. The lowest BCUT2D eigenvalue weighted by molar-refractivity contribution is 0.140. The van der Waals surface area contributed by atoms with Crippen LogP contribution < -0.4 is 5.32 Å². The van der Waals surface area contributed by atoms with Crippen molar-refractivity contribution in [3.05, 3.63) is 35.4 Å². The number of hydrogen-bond donors (Lipinski definition) is 1. The molecule has 1 aliphatic heterocycles. The predicted octanol–water partition coefficient (Wildman–Crippen LogP) is 1.33. The Labute approximate surface area is 111 Å². The summed E-state index contributed by atoms with van der Waals surface area (Å²) in [5.41, 5.74) is 2.78. The molecule has 0 aliphatic carbocycles. The van der Waals surface area contributed by atoms with Gasteiger partial charge >= 0.3 is 0 Å². The fraction of sp³-hybridized carbons (Fsp3) is 0.600. The van der Waals surface area contributed by atoms with Gasteiger partial charge in [-0.05, 0) is 26.0 Å². The second kappa shape index (κ2) is 6.88. The van der Waals surface area contributed by atoms with Crippen LogP contribution in [0.15, 0.2) is 24.3 Å². The van der Waals surface area contributed by atoms with E-state index in [1.807, 2.05) is 0 Å². The van der Waals surface area contributed by atoms with Crippen molar-refractivity contribution < 1.29 is 0 Å². The maximum Gasteiger partial charge on any atom is 0.0504 e. The fourth-order valence-corrected chi connectivity index (χ4v) is 2.34. The molecule has 0 amide bonds. The summed E-state index contributed by atoms with van der Waals surface area (Å²) in [4.78, 5) is 4.94. The summed E-state index contributed by atoms with van der Waals surface area (Å²) >= 11 is 0. The Hall–Kier alpha value is -0.900. The molecule has 1 aliphatic rings. The van der Waals surface area contributed by atoms with Crippen LogP contribution in [0.4, 0.5) is 0 Å². The van der Waals surface area contributed by atoms with E-state index in [0.717, 1.165) is 32.7 Å². The van der Waals surface area contributed by atoms with Crippen LogP contribution in [0.3, 0.4) is 0 Å². The molecule has 1 heterocycles. The summed E-state index contributed by atoms with van der Waals surface area (Å²) < 4.78 is 0. The maximum atomic E-state index is 3.39. The molecular weight excluding hydrogens is 222 g/mol. The standard InChI is InChI=1S/C15H25N3/c1-14-3-5-15(6-4-14)7-10-17(2)13-18-11-8-16-9-12-18/h3-6,16H,7-13H2,1-2H3. The Morgan fingerprint density at radius 2 is 1.83 bits per heavy atom. The van der Waals surface area contributed by atoms with Crippen LogP contribution in [0.5, 0.6) is 0 Å². The van der Waals surface area contributed by atoms with E-state index in [-0.39, 0.29) is 0 Å². The van der Waals surface area contributed by atoms with Crippen LogP contribution in [0.2, 0.25) is 0 Å². The SMILES string of the molecule is Cc1ccc(CCN(C)CN2CCNCC2)cc1. The molecule has 0 aromatic heterocycles. The van der Waals surface area contributed by atoms with Crippen molar-refractivity contribution in [3.63, 3.8) is 0 Å². The highest BCUT2D eigenvalue weighted by Gasteiger charge is 2.11. The third kappa shape index (κ3) is 4.41. The van der Waals surface area contributed by atoms with Gasteiger partial charge < -0.3 is 5.32 Å². The normalized spacial score (nSPS) is 17.3. The third-order valence-electron chi connectivity index (χ3n) is 3.55. The number of nitrogens with one attached hydrogen (secondary N) is 1. The Balaban J connectivity index is 1.70. The molecule has 0 atom stereocenters. The van der Waals surface area contributed by atoms with Crippen molar-refractivity contribution in [3.8, 4) is 0 Å². The van der Waals surface area contributed by atoms with Gasteiger partial charge in [0.05, 0.1) is 6.67 Å². The quantitative estimate of drug-likeness (QED) is 0.847. The largest absolute Gasteiger partial charge is 0.314 e. The van der Waals surface area contributed by atoms with Crippen LogP contribution in [0.1, 0.15) is 11.1 Å². The van der Waals surface area contributed by atoms with Crippen LogP contribution in [0.25, 0.3) is 0 Å². The van der Waals surface area contributed by atoms with E-state index in [0.29, 0.717) is 0 Å². The summed E-state index contributed by atoms with van der Waals surface area (Å²) in [6, 6.07) is 8.89. The second-order valence-corrected chi connectivity index (χ2v) is 5.32. The fourth-order valence-electron chi connectivity index (χ4n) is 2.34. The van der Waals surface area contributed by atoms with E-state index in [4.69, 9.17) is 0 Å². The van der Waals surface area contributed by atoms with Gasteiger partial charge in [0.1, 0.15) is 0 Å². The van der Waals surface area contributed by atoms with E-state index in [1.54, 1.807) is 0 Å². The topological polar surface area (TPSA) is 18.5 Å². The molecule has 0 bridgehead atoms. The first kappa shape index (κ1) is 13.5. The molecule has 3 heteroatoms. The molecule has 0 spiro atoms. The number of nitrogens with zero attached hydrogens (tertiary/aromatic N) is 2. The maximum absolute atomic E-state index is 3.39. The number of likely N-dealkylation sites (N-methyl/N-ethyl adjacent to an activating group) is 1. The van der Waals surface area contributed by atoms with Crippen LogP contribution in [-0.2, 0) is 6.42 Å². The molecule has 1 N–H and O–H groups in total. The zero-order valence-electron chi connectivity index (χ0n) is 11.7. The van der Waals surface area contributed by atoms with Crippen LogP contribution in [-0.4, -0.2) is 56.2 Å². The van der Waals surface area contributed by atoms with Gasteiger partial charge in [-0.3, -0.25) is 9.80 Å². The van der Waals surface area contributed by atoms with Crippen molar-refractivity contribution in [1.82, 2.24) is 15.1 Å². The van der Waals surface area contributed by atoms with Crippen LogP contribution in [0, 0.1) is 6.92 Å². The molecule has 1 aromatic carbocycles. The van der Waals surface area contributed by atoms with Gasteiger partial charge in [0.25, 0.3) is 0 Å². The van der Waals surface area contributed by atoms with Gasteiger partial charge in [0, 0.05) is 32.7 Å². The van der Waals surface area contributed by atoms with Gasteiger partial charge in [-0.25, -0.2) is 0 Å². The molecule has 1 fully saturated rings. The average molecular weight is 247 g/mol. The van der Waals surface area contributed by atoms with Crippen molar-refractivity contribution in [2.45, 2.75) is 13.3 Å². The minimum atomic E-state index is 1.09. The van der Waals surface area contributed by atoms with Gasteiger partial charge in [0.15, 0.2) is 0 Å². The lowest BCUT2D eigenvalue weighted by Crippen LogP contribution is -2.47. The lowest BCUT2D eigenvalue weighted by Gasteiger charge is -2.31. The van der Waals surface area contributed by atoms with Crippen LogP contribution >= 0.6 is 0 Å². The monoisotopic (exact) mass is 247 g/mol. The number of piperazine rings is 1. The number of benzene rings is 1. The first-order valence-corrected chi connectivity index (χ1v) is 6.91.